The summed E-state index contributed by atoms with van der Waals surface area (Å²) < 4.78 is 1.33. The predicted octanol–water partition coefficient (Wildman–Crippen LogP) is 0.101. The molecule has 2 rings (SSSR count). The van der Waals surface area contributed by atoms with Crippen LogP contribution in [0.1, 0.15) is 6.42 Å². The fourth-order valence-electron chi connectivity index (χ4n) is 2.16. The van der Waals surface area contributed by atoms with E-state index in [4.69, 9.17) is 11.6 Å². The molecular formula is C13H20ClN5O2. The van der Waals surface area contributed by atoms with Gasteiger partial charge in [-0.05, 0) is 20.5 Å². The molecule has 0 aliphatic carbocycles. The Morgan fingerprint density at radius 3 is 2.76 bits per heavy atom. The van der Waals surface area contributed by atoms with E-state index < -0.39 is 0 Å². The Balaban J connectivity index is 2.13. The Labute approximate surface area is 128 Å². The third-order valence-electron chi connectivity index (χ3n) is 3.50. The van der Waals surface area contributed by atoms with Crippen molar-refractivity contribution in [1.29, 1.82) is 0 Å². The molecule has 1 unspecified atom stereocenters. The molecule has 0 radical (unpaired) electrons. The minimum Gasteiger partial charge on any atom is -0.371 e. The maximum absolute atomic E-state index is 12.1. The van der Waals surface area contributed by atoms with Gasteiger partial charge in [0, 0.05) is 20.1 Å². The van der Waals surface area contributed by atoms with Gasteiger partial charge in [0.05, 0.1) is 18.4 Å². The smallest absolute Gasteiger partial charge is 0.287 e. The number of rotatable bonds is 5. The zero-order valence-corrected chi connectivity index (χ0v) is 13.2. The highest BCUT2D eigenvalue weighted by atomic mass is 35.5. The molecule has 0 aromatic carbocycles. The number of nitrogens with one attached hydrogen (secondary N) is 1. The van der Waals surface area contributed by atoms with Crippen molar-refractivity contribution in [3.63, 3.8) is 0 Å². The quantitative estimate of drug-likeness (QED) is 0.835. The maximum atomic E-state index is 12.1. The van der Waals surface area contributed by atoms with E-state index in [-0.39, 0.29) is 22.5 Å². The molecule has 21 heavy (non-hydrogen) atoms. The van der Waals surface area contributed by atoms with E-state index in [0.29, 0.717) is 31.7 Å². The molecule has 7 nitrogen and oxygen atoms in total. The summed E-state index contributed by atoms with van der Waals surface area (Å²) in [5.41, 5.74) is 0.0683. The number of carbonyl (C=O) groups excluding carboxylic acids is 1. The van der Waals surface area contributed by atoms with Crippen molar-refractivity contribution in [3.05, 3.63) is 21.6 Å². The van der Waals surface area contributed by atoms with Gasteiger partial charge in [-0.15, -0.1) is 0 Å². The van der Waals surface area contributed by atoms with Gasteiger partial charge < -0.3 is 15.1 Å². The molecule has 1 aliphatic heterocycles. The number of hydrogen-bond acceptors (Lipinski definition) is 5. The van der Waals surface area contributed by atoms with Crippen LogP contribution in [0.5, 0.6) is 0 Å². The van der Waals surface area contributed by atoms with Crippen molar-refractivity contribution in [2.24, 2.45) is 0 Å². The van der Waals surface area contributed by atoms with E-state index in [2.05, 4.69) is 10.4 Å². The Morgan fingerprint density at radius 1 is 1.48 bits per heavy atom. The van der Waals surface area contributed by atoms with Gasteiger partial charge in [0.1, 0.15) is 11.1 Å². The maximum Gasteiger partial charge on any atom is 0.287 e. The first-order chi connectivity index (χ1) is 9.90. The summed E-state index contributed by atoms with van der Waals surface area (Å²) >= 11 is 6.10. The van der Waals surface area contributed by atoms with E-state index in [1.54, 1.807) is 11.9 Å². The van der Waals surface area contributed by atoms with Crippen molar-refractivity contribution < 1.29 is 4.79 Å². The molecule has 0 bridgehead atoms. The van der Waals surface area contributed by atoms with Crippen molar-refractivity contribution >= 4 is 23.2 Å². The molecule has 1 aromatic heterocycles. The number of halogens is 1. The highest BCUT2D eigenvalue weighted by molar-refractivity contribution is 6.33. The average Bonchev–Trinajstić information content (AvgIpc) is 2.75. The van der Waals surface area contributed by atoms with Crippen LogP contribution in [0.2, 0.25) is 5.02 Å². The number of amides is 1. The van der Waals surface area contributed by atoms with Crippen LogP contribution in [0.15, 0.2) is 11.0 Å². The van der Waals surface area contributed by atoms with Crippen LogP contribution in [0.25, 0.3) is 0 Å². The van der Waals surface area contributed by atoms with Crippen LogP contribution in [-0.4, -0.2) is 65.8 Å². The zero-order valence-electron chi connectivity index (χ0n) is 12.5. The summed E-state index contributed by atoms with van der Waals surface area (Å²) in [6.07, 6.45) is 2.19. The number of anilines is 1. The minimum atomic E-state index is -0.345. The largest absolute Gasteiger partial charge is 0.371 e. The standard InChI is InChI=1S/C13H20ClN5O2/c1-17(2)6-7-19-13(21)11(14)10(8-15-19)16-9-4-5-18(3)12(9)20/h8-9,16H,4-7H2,1-3H3. The fraction of sp³-hybridized carbons (Fsp3) is 0.615. The first-order valence-corrected chi connectivity index (χ1v) is 7.20. The van der Waals surface area contributed by atoms with Crippen molar-refractivity contribution in [2.45, 2.75) is 19.0 Å². The van der Waals surface area contributed by atoms with E-state index in [0.717, 1.165) is 0 Å². The van der Waals surface area contributed by atoms with Crippen LogP contribution in [0.4, 0.5) is 5.69 Å². The monoisotopic (exact) mass is 313 g/mol. The number of likely N-dealkylation sites (N-methyl/N-ethyl adjacent to an activating group) is 2. The van der Waals surface area contributed by atoms with Gasteiger partial charge in [-0.1, -0.05) is 11.6 Å². The molecule has 8 heteroatoms. The van der Waals surface area contributed by atoms with E-state index in [1.807, 2.05) is 19.0 Å². The van der Waals surface area contributed by atoms with Crippen LogP contribution in [0.3, 0.4) is 0 Å². The molecule has 1 aliphatic rings. The van der Waals surface area contributed by atoms with Crippen LogP contribution < -0.4 is 10.9 Å². The average molecular weight is 314 g/mol. The number of likely N-dealkylation sites (tertiary alicyclic amines) is 1. The van der Waals surface area contributed by atoms with E-state index in [1.165, 1.54) is 10.9 Å². The molecule has 1 fully saturated rings. The fourth-order valence-corrected chi connectivity index (χ4v) is 2.36. The zero-order chi connectivity index (χ0) is 15.6. The molecule has 1 N–H and O–H groups in total. The number of carbonyl (C=O) groups is 1. The summed E-state index contributed by atoms with van der Waals surface area (Å²) in [6.45, 7) is 1.86. The van der Waals surface area contributed by atoms with Crippen LogP contribution >= 0.6 is 11.6 Å². The first-order valence-electron chi connectivity index (χ1n) is 6.82. The molecule has 0 saturated carbocycles. The third kappa shape index (κ3) is 3.54. The topological polar surface area (TPSA) is 70.5 Å². The van der Waals surface area contributed by atoms with Gasteiger partial charge in [0.2, 0.25) is 5.91 Å². The molecule has 1 saturated heterocycles. The van der Waals surface area contributed by atoms with Crippen LogP contribution in [-0.2, 0) is 11.3 Å². The Morgan fingerprint density at radius 2 is 2.19 bits per heavy atom. The van der Waals surface area contributed by atoms with Gasteiger partial charge >= 0.3 is 0 Å². The summed E-state index contributed by atoms with van der Waals surface area (Å²) in [6, 6.07) is -0.341. The van der Waals surface area contributed by atoms with E-state index >= 15 is 0 Å². The van der Waals surface area contributed by atoms with Gasteiger partial charge in [-0.25, -0.2) is 4.68 Å². The normalized spacial score (nSPS) is 18.6. The second-order valence-electron chi connectivity index (χ2n) is 5.45. The summed E-state index contributed by atoms with van der Waals surface area (Å²) in [5, 5.41) is 7.19. The Bertz CT molecular complexity index is 586. The second kappa shape index (κ2) is 6.44. The highest BCUT2D eigenvalue weighted by Crippen LogP contribution is 2.20. The predicted molar refractivity (Wildman–Crippen MR) is 81.7 cm³/mol. The number of hydrogen-bond donors (Lipinski definition) is 1. The molecule has 1 atom stereocenters. The molecule has 1 aromatic rings. The van der Waals surface area contributed by atoms with Gasteiger partial charge in [-0.2, -0.15) is 5.10 Å². The lowest BCUT2D eigenvalue weighted by molar-refractivity contribution is -0.127. The van der Waals surface area contributed by atoms with Crippen LogP contribution in [0, 0.1) is 0 Å². The summed E-state index contributed by atoms with van der Waals surface area (Å²) in [5.74, 6) is 0.00264. The van der Waals surface area contributed by atoms with Gasteiger partial charge in [0.15, 0.2) is 0 Å². The molecule has 2 heterocycles. The highest BCUT2D eigenvalue weighted by Gasteiger charge is 2.29. The third-order valence-corrected chi connectivity index (χ3v) is 3.87. The second-order valence-corrected chi connectivity index (χ2v) is 5.83. The number of nitrogens with zero attached hydrogens (tertiary/aromatic N) is 4. The Kier molecular flexibility index (Phi) is 4.84. The molecular weight excluding hydrogens is 294 g/mol. The van der Waals surface area contributed by atoms with Crippen molar-refractivity contribution in [2.75, 3.05) is 39.5 Å². The molecule has 0 spiro atoms. The summed E-state index contributed by atoms with van der Waals surface area (Å²) in [4.78, 5) is 27.6. The Hall–Kier alpha value is -1.60. The lowest BCUT2D eigenvalue weighted by atomic mass is 10.2. The van der Waals surface area contributed by atoms with Crippen molar-refractivity contribution in [1.82, 2.24) is 19.6 Å². The lowest BCUT2D eigenvalue weighted by Crippen LogP contribution is -2.33. The van der Waals surface area contributed by atoms with E-state index in [9.17, 15) is 9.59 Å². The first kappa shape index (κ1) is 15.8. The molecule has 116 valence electrons. The lowest BCUT2D eigenvalue weighted by Gasteiger charge is -2.15. The molecule has 1 amide bonds. The SMILES string of the molecule is CN(C)CCn1ncc(NC2CCN(C)C2=O)c(Cl)c1=O. The van der Waals surface area contributed by atoms with Gasteiger partial charge in [-0.3, -0.25) is 9.59 Å². The minimum absolute atomic E-state index is 0.00264. The number of aromatic nitrogens is 2. The van der Waals surface area contributed by atoms with Crippen molar-refractivity contribution in [3.8, 4) is 0 Å². The van der Waals surface area contributed by atoms with Gasteiger partial charge in [0.25, 0.3) is 5.56 Å². The summed E-state index contributed by atoms with van der Waals surface area (Å²) in [7, 11) is 5.60.